The standard InChI is InChI=1S/C14H23N3O/c1-9(18-5)13-16-8-10-11(15-4)6-14(2,3)7-12(10)17-13/h8-9,11,15H,6-7H2,1-5H3. The Morgan fingerprint density at radius 3 is 2.83 bits per heavy atom. The van der Waals surface area contributed by atoms with Crippen LogP contribution in [0.4, 0.5) is 0 Å². The van der Waals surface area contributed by atoms with Gasteiger partial charge >= 0.3 is 0 Å². The van der Waals surface area contributed by atoms with Crippen molar-refractivity contribution in [1.29, 1.82) is 0 Å². The third kappa shape index (κ3) is 2.54. The van der Waals surface area contributed by atoms with E-state index in [-0.39, 0.29) is 11.5 Å². The summed E-state index contributed by atoms with van der Waals surface area (Å²) in [4.78, 5) is 9.13. The quantitative estimate of drug-likeness (QED) is 0.893. The fraction of sp³-hybridized carbons (Fsp3) is 0.714. The van der Waals surface area contributed by atoms with Crippen LogP contribution in [0.2, 0.25) is 0 Å². The molecule has 18 heavy (non-hydrogen) atoms. The van der Waals surface area contributed by atoms with Crippen LogP contribution in [0.25, 0.3) is 0 Å². The van der Waals surface area contributed by atoms with Gasteiger partial charge in [-0.25, -0.2) is 9.97 Å². The Morgan fingerprint density at radius 1 is 1.50 bits per heavy atom. The number of hydrogen-bond acceptors (Lipinski definition) is 4. The van der Waals surface area contributed by atoms with E-state index >= 15 is 0 Å². The molecule has 0 aromatic carbocycles. The molecule has 0 aliphatic heterocycles. The summed E-state index contributed by atoms with van der Waals surface area (Å²) in [5.74, 6) is 0.781. The van der Waals surface area contributed by atoms with Crippen LogP contribution in [0.3, 0.4) is 0 Å². The number of methoxy groups -OCH3 is 1. The maximum atomic E-state index is 5.29. The summed E-state index contributed by atoms with van der Waals surface area (Å²) in [6.07, 6.45) is 4.04. The Bertz CT molecular complexity index is 431. The Morgan fingerprint density at radius 2 is 2.22 bits per heavy atom. The van der Waals surface area contributed by atoms with Gasteiger partial charge in [0.25, 0.3) is 0 Å². The van der Waals surface area contributed by atoms with Gasteiger partial charge in [-0.1, -0.05) is 13.8 Å². The lowest BCUT2D eigenvalue weighted by molar-refractivity contribution is 0.111. The van der Waals surface area contributed by atoms with Gasteiger partial charge in [0.2, 0.25) is 0 Å². The first-order chi connectivity index (χ1) is 8.46. The molecule has 1 aromatic rings. The Kier molecular flexibility index (Phi) is 3.69. The van der Waals surface area contributed by atoms with E-state index < -0.39 is 0 Å². The lowest BCUT2D eigenvalue weighted by atomic mass is 9.74. The number of nitrogens with one attached hydrogen (secondary N) is 1. The van der Waals surface area contributed by atoms with Crippen LogP contribution >= 0.6 is 0 Å². The molecule has 4 nitrogen and oxygen atoms in total. The summed E-state index contributed by atoms with van der Waals surface area (Å²) in [6, 6.07) is 0.357. The third-order valence-corrected chi connectivity index (χ3v) is 3.76. The number of fused-ring (bicyclic) bond motifs is 1. The molecule has 0 spiro atoms. The van der Waals surface area contributed by atoms with Crippen molar-refractivity contribution in [2.24, 2.45) is 5.41 Å². The summed E-state index contributed by atoms with van der Waals surface area (Å²) in [5, 5.41) is 3.37. The van der Waals surface area contributed by atoms with E-state index in [2.05, 4.69) is 24.1 Å². The molecule has 1 aliphatic carbocycles. The number of nitrogens with zero attached hydrogens (tertiary/aromatic N) is 2. The van der Waals surface area contributed by atoms with Crippen molar-refractivity contribution in [3.63, 3.8) is 0 Å². The predicted octanol–water partition coefficient (Wildman–Crippen LogP) is 2.42. The summed E-state index contributed by atoms with van der Waals surface area (Å²) >= 11 is 0. The number of ether oxygens (including phenoxy) is 1. The number of aromatic nitrogens is 2. The Balaban J connectivity index is 2.39. The molecular formula is C14H23N3O. The fourth-order valence-electron chi connectivity index (χ4n) is 2.62. The molecular weight excluding hydrogens is 226 g/mol. The summed E-state index contributed by atoms with van der Waals surface area (Å²) in [5.41, 5.74) is 2.69. The molecule has 1 N–H and O–H groups in total. The van der Waals surface area contributed by atoms with Gasteiger partial charge in [-0.2, -0.15) is 0 Å². The van der Waals surface area contributed by atoms with Crippen molar-refractivity contribution in [2.45, 2.75) is 45.8 Å². The van der Waals surface area contributed by atoms with E-state index in [1.54, 1.807) is 7.11 Å². The highest BCUT2D eigenvalue weighted by Crippen LogP contribution is 2.39. The van der Waals surface area contributed by atoms with Crippen LogP contribution in [0.5, 0.6) is 0 Å². The molecule has 0 radical (unpaired) electrons. The Labute approximate surface area is 109 Å². The van der Waals surface area contributed by atoms with Gasteiger partial charge in [0.05, 0.1) is 0 Å². The average Bonchev–Trinajstić information content (AvgIpc) is 2.34. The minimum absolute atomic E-state index is 0.0478. The Hall–Kier alpha value is -1.00. The van der Waals surface area contributed by atoms with Gasteiger partial charge in [0.1, 0.15) is 6.10 Å². The van der Waals surface area contributed by atoms with Gasteiger partial charge < -0.3 is 10.1 Å². The van der Waals surface area contributed by atoms with Crippen LogP contribution in [0.1, 0.15) is 56.4 Å². The molecule has 0 bridgehead atoms. The van der Waals surface area contributed by atoms with E-state index in [1.165, 1.54) is 11.3 Å². The second kappa shape index (κ2) is 4.94. The highest BCUT2D eigenvalue weighted by atomic mass is 16.5. The largest absolute Gasteiger partial charge is 0.374 e. The summed E-state index contributed by atoms with van der Waals surface area (Å²) < 4.78 is 5.29. The SMILES string of the molecule is CNC1CC(C)(C)Cc2nc(C(C)OC)ncc21. The molecule has 0 saturated heterocycles. The number of rotatable bonds is 3. The van der Waals surface area contributed by atoms with Crippen molar-refractivity contribution < 1.29 is 4.74 Å². The maximum Gasteiger partial charge on any atom is 0.157 e. The molecule has 0 saturated carbocycles. The minimum atomic E-state index is -0.0478. The first-order valence-electron chi connectivity index (χ1n) is 6.52. The van der Waals surface area contributed by atoms with Crippen molar-refractivity contribution in [2.75, 3.05) is 14.2 Å². The lowest BCUT2D eigenvalue weighted by Crippen LogP contribution is -2.33. The van der Waals surface area contributed by atoms with Gasteiger partial charge in [-0.05, 0) is 32.2 Å². The van der Waals surface area contributed by atoms with E-state index in [4.69, 9.17) is 9.72 Å². The second-order valence-electron chi connectivity index (χ2n) is 5.89. The number of hydrogen-bond donors (Lipinski definition) is 1. The molecule has 0 fully saturated rings. The van der Waals surface area contributed by atoms with Gasteiger partial charge in [-0.15, -0.1) is 0 Å². The minimum Gasteiger partial charge on any atom is -0.374 e. The maximum absolute atomic E-state index is 5.29. The van der Waals surface area contributed by atoms with Crippen LogP contribution in [-0.4, -0.2) is 24.1 Å². The molecule has 1 heterocycles. The monoisotopic (exact) mass is 249 g/mol. The highest BCUT2D eigenvalue weighted by Gasteiger charge is 2.33. The molecule has 2 rings (SSSR count). The lowest BCUT2D eigenvalue weighted by Gasteiger charge is -2.36. The average molecular weight is 249 g/mol. The molecule has 2 atom stereocenters. The zero-order chi connectivity index (χ0) is 13.3. The molecule has 100 valence electrons. The zero-order valence-electron chi connectivity index (χ0n) is 11.9. The van der Waals surface area contributed by atoms with Crippen molar-refractivity contribution in [1.82, 2.24) is 15.3 Å². The van der Waals surface area contributed by atoms with Crippen LogP contribution in [-0.2, 0) is 11.2 Å². The van der Waals surface area contributed by atoms with Gasteiger partial charge in [0, 0.05) is 30.6 Å². The zero-order valence-corrected chi connectivity index (χ0v) is 11.9. The van der Waals surface area contributed by atoms with Crippen LogP contribution in [0, 0.1) is 5.41 Å². The molecule has 2 unspecified atom stereocenters. The van der Waals surface area contributed by atoms with E-state index in [1.807, 2.05) is 20.2 Å². The first kappa shape index (κ1) is 13.4. The first-order valence-corrected chi connectivity index (χ1v) is 6.52. The second-order valence-corrected chi connectivity index (χ2v) is 5.89. The third-order valence-electron chi connectivity index (χ3n) is 3.76. The van der Waals surface area contributed by atoms with Gasteiger partial charge in [-0.3, -0.25) is 0 Å². The van der Waals surface area contributed by atoms with Crippen molar-refractivity contribution in [3.8, 4) is 0 Å². The molecule has 1 aliphatic rings. The summed E-state index contributed by atoms with van der Waals surface area (Å²) in [7, 11) is 3.69. The molecule has 0 amide bonds. The van der Waals surface area contributed by atoms with E-state index in [0.29, 0.717) is 6.04 Å². The normalized spacial score (nSPS) is 23.5. The van der Waals surface area contributed by atoms with E-state index in [0.717, 1.165) is 18.7 Å². The van der Waals surface area contributed by atoms with Crippen LogP contribution in [0.15, 0.2) is 6.20 Å². The topological polar surface area (TPSA) is 47.0 Å². The van der Waals surface area contributed by atoms with E-state index in [9.17, 15) is 0 Å². The highest BCUT2D eigenvalue weighted by molar-refractivity contribution is 5.27. The molecule has 4 heteroatoms. The van der Waals surface area contributed by atoms with Gasteiger partial charge in [0.15, 0.2) is 5.82 Å². The van der Waals surface area contributed by atoms with Crippen molar-refractivity contribution in [3.05, 3.63) is 23.3 Å². The molecule has 1 aromatic heterocycles. The summed E-state index contributed by atoms with van der Waals surface area (Å²) in [6.45, 7) is 6.56. The van der Waals surface area contributed by atoms with Crippen molar-refractivity contribution >= 4 is 0 Å². The smallest absolute Gasteiger partial charge is 0.157 e. The van der Waals surface area contributed by atoms with Crippen LogP contribution < -0.4 is 5.32 Å². The fourth-order valence-corrected chi connectivity index (χ4v) is 2.62. The predicted molar refractivity (Wildman–Crippen MR) is 71.4 cm³/mol.